The molecular formula is C14H18O4. The highest BCUT2D eigenvalue weighted by Gasteiger charge is 2.22. The molecule has 1 unspecified atom stereocenters. The van der Waals surface area contributed by atoms with Gasteiger partial charge >= 0.3 is 0 Å². The molecule has 98 valence electrons. The summed E-state index contributed by atoms with van der Waals surface area (Å²) in [6, 6.07) is 3.98. The molecule has 0 spiro atoms. The number of carbonyl (C=O) groups is 1. The number of rotatable bonds is 5. The second-order valence-corrected chi connectivity index (χ2v) is 4.41. The van der Waals surface area contributed by atoms with Crippen LogP contribution in [0.3, 0.4) is 0 Å². The van der Waals surface area contributed by atoms with E-state index in [4.69, 9.17) is 14.2 Å². The molecule has 0 saturated heterocycles. The molecule has 0 aromatic heterocycles. The van der Waals surface area contributed by atoms with Gasteiger partial charge in [0.1, 0.15) is 19.5 Å². The molecule has 1 aliphatic rings. The van der Waals surface area contributed by atoms with E-state index in [1.54, 1.807) is 7.11 Å². The molecule has 1 atom stereocenters. The number of ether oxygens (including phenoxy) is 3. The molecule has 1 aromatic carbocycles. The third kappa shape index (κ3) is 2.48. The van der Waals surface area contributed by atoms with E-state index >= 15 is 0 Å². The minimum atomic E-state index is 0.134. The van der Waals surface area contributed by atoms with E-state index in [1.165, 1.54) is 0 Å². The van der Waals surface area contributed by atoms with Crippen molar-refractivity contribution in [1.82, 2.24) is 0 Å². The van der Waals surface area contributed by atoms with Crippen molar-refractivity contribution in [2.45, 2.75) is 25.9 Å². The fourth-order valence-corrected chi connectivity index (χ4v) is 2.14. The minimum Gasteiger partial charge on any atom is -0.486 e. The molecule has 0 aliphatic carbocycles. The van der Waals surface area contributed by atoms with Gasteiger partial charge in [-0.2, -0.15) is 0 Å². The molecule has 4 nitrogen and oxygen atoms in total. The van der Waals surface area contributed by atoms with Crippen molar-refractivity contribution in [2.24, 2.45) is 0 Å². The van der Waals surface area contributed by atoms with Crippen LogP contribution in [0.25, 0.3) is 0 Å². The van der Waals surface area contributed by atoms with Crippen molar-refractivity contribution in [2.75, 3.05) is 20.3 Å². The number of fused-ring (bicyclic) bond motifs is 1. The van der Waals surface area contributed by atoms with E-state index in [0.29, 0.717) is 26.2 Å². The second-order valence-electron chi connectivity index (χ2n) is 4.41. The van der Waals surface area contributed by atoms with Crippen molar-refractivity contribution in [1.29, 1.82) is 0 Å². The molecule has 0 N–H and O–H groups in total. The Morgan fingerprint density at radius 2 is 2.06 bits per heavy atom. The summed E-state index contributed by atoms with van der Waals surface area (Å²) in [6.07, 6.45) is 1.42. The van der Waals surface area contributed by atoms with Gasteiger partial charge in [-0.05, 0) is 5.92 Å². The van der Waals surface area contributed by atoms with E-state index in [2.05, 4.69) is 0 Å². The molecule has 2 rings (SSSR count). The lowest BCUT2D eigenvalue weighted by atomic mass is 9.95. The van der Waals surface area contributed by atoms with Crippen LogP contribution >= 0.6 is 0 Å². The first-order chi connectivity index (χ1) is 8.77. The zero-order valence-corrected chi connectivity index (χ0v) is 10.8. The Morgan fingerprint density at radius 1 is 1.33 bits per heavy atom. The maximum Gasteiger partial charge on any atom is 0.167 e. The van der Waals surface area contributed by atoms with Gasteiger partial charge in [0.2, 0.25) is 0 Å². The zero-order chi connectivity index (χ0) is 13.0. The van der Waals surface area contributed by atoms with Crippen LogP contribution in [-0.4, -0.2) is 26.6 Å². The summed E-state index contributed by atoms with van der Waals surface area (Å²) in [6.45, 7) is 3.60. The summed E-state index contributed by atoms with van der Waals surface area (Å²) in [7, 11) is 1.65. The van der Waals surface area contributed by atoms with Gasteiger partial charge in [0, 0.05) is 24.7 Å². The number of carbonyl (C=O) groups excluding carboxylic acids is 1. The Morgan fingerprint density at radius 3 is 2.72 bits per heavy atom. The smallest absolute Gasteiger partial charge is 0.167 e. The van der Waals surface area contributed by atoms with Gasteiger partial charge in [0.25, 0.3) is 0 Å². The summed E-state index contributed by atoms with van der Waals surface area (Å²) in [5.41, 5.74) is 2.01. The van der Waals surface area contributed by atoms with Crippen molar-refractivity contribution >= 4 is 6.29 Å². The summed E-state index contributed by atoms with van der Waals surface area (Å²) in [5, 5.41) is 0. The lowest BCUT2D eigenvalue weighted by Gasteiger charge is -2.25. The van der Waals surface area contributed by atoms with Crippen molar-refractivity contribution in [3.63, 3.8) is 0 Å². The number of benzene rings is 1. The average Bonchev–Trinajstić information content (AvgIpc) is 2.39. The molecule has 0 fully saturated rings. The number of hydrogen-bond donors (Lipinski definition) is 0. The first-order valence-corrected chi connectivity index (χ1v) is 6.11. The zero-order valence-electron chi connectivity index (χ0n) is 10.8. The Kier molecular flexibility index (Phi) is 4.20. The Hall–Kier alpha value is -1.55. The Labute approximate surface area is 107 Å². The van der Waals surface area contributed by atoms with Gasteiger partial charge in [-0.15, -0.1) is 0 Å². The van der Waals surface area contributed by atoms with Gasteiger partial charge in [0.15, 0.2) is 11.5 Å². The fourth-order valence-electron chi connectivity index (χ4n) is 2.14. The monoisotopic (exact) mass is 250 g/mol. The van der Waals surface area contributed by atoms with Crippen LogP contribution in [0, 0.1) is 0 Å². The normalized spacial score (nSPS) is 15.2. The first-order valence-electron chi connectivity index (χ1n) is 6.11. The Bertz CT molecular complexity index is 428. The molecule has 0 radical (unpaired) electrons. The number of methoxy groups -OCH3 is 1. The van der Waals surface area contributed by atoms with E-state index in [9.17, 15) is 4.79 Å². The summed E-state index contributed by atoms with van der Waals surface area (Å²) in [4.78, 5) is 10.6. The highest BCUT2D eigenvalue weighted by Crippen LogP contribution is 2.41. The third-order valence-corrected chi connectivity index (χ3v) is 3.08. The SMILES string of the molecule is COCc1ccc(C(C)CC=O)c2c1OCCO2. The summed E-state index contributed by atoms with van der Waals surface area (Å²) in [5.74, 6) is 1.66. The second kappa shape index (κ2) is 5.87. The first kappa shape index (κ1) is 12.9. The molecule has 1 aliphatic heterocycles. The number of aldehydes is 1. The van der Waals surface area contributed by atoms with Crippen LogP contribution in [0.5, 0.6) is 11.5 Å². The topological polar surface area (TPSA) is 44.8 Å². The summed E-state index contributed by atoms with van der Waals surface area (Å²) >= 11 is 0. The Balaban J connectivity index is 2.40. The van der Waals surface area contributed by atoms with Crippen LogP contribution in [0.2, 0.25) is 0 Å². The summed E-state index contributed by atoms with van der Waals surface area (Å²) < 4.78 is 16.5. The molecule has 0 saturated carbocycles. The van der Waals surface area contributed by atoms with Gasteiger partial charge in [-0.3, -0.25) is 0 Å². The van der Waals surface area contributed by atoms with Crippen molar-refractivity contribution in [3.05, 3.63) is 23.3 Å². The van der Waals surface area contributed by atoms with Gasteiger partial charge in [-0.1, -0.05) is 19.1 Å². The van der Waals surface area contributed by atoms with Crippen LogP contribution < -0.4 is 9.47 Å². The third-order valence-electron chi connectivity index (χ3n) is 3.08. The van der Waals surface area contributed by atoms with Crippen molar-refractivity contribution in [3.8, 4) is 11.5 Å². The quantitative estimate of drug-likeness (QED) is 0.752. The fraction of sp³-hybridized carbons (Fsp3) is 0.500. The molecule has 1 heterocycles. The van der Waals surface area contributed by atoms with Gasteiger partial charge in [-0.25, -0.2) is 0 Å². The highest BCUT2D eigenvalue weighted by molar-refractivity contribution is 5.57. The molecule has 1 aromatic rings. The number of hydrogen-bond acceptors (Lipinski definition) is 4. The molecule has 4 heteroatoms. The highest BCUT2D eigenvalue weighted by atomic mass is 16.6. The molecule has 0 bridgehead atoms. The standard InChI is InChI=1S/C14H18O4/c1-10(5-6-15)12-4-3-11(9-16-2)13-14(12)18-8-7-17-13/h3-4,6,10H,5,7-9H2,1-2H3. The molecule has 0 amide bonds. The van der Waals surface area contributed by atoms with E-state index in [0.717, 1.165) is 28.9 Å². The van der Waals surface area contributed by atoms with Gasteiger partial charge < -0.3 is 19.0 Å². The predicted molar refractivity (Wildman–Crippen MR) is 67.2 cm³/mol. The van der Waals surface area contributed by atoms with E-state index in [1.807, 2.05) is 19.1 Å². The van der Waals surface area contributed by atoms with Crippen LogP contribution in [0.1, 0.15) is 30.4 Å². The van der Waals surface area contributed by atoms with Crippen LogP contribution in [0.4, 0.5) is 0 Å². The van der Waals surface area contributed by atoms with Crippen LogP contribution in [-0.2, 0) is 16.1 Å². The maximum absolute atomic E-state index is 10.6. The van der Waals surface area contributed by atoms with Crippen LogP contribution in [0.15, 0.2) is 12.1 Å². The van der Waals surface area contributed by atoms with E-state index < -0.39 is 0 Å². The largest absolute Gasteiger partial charge is 0.486 e. The minimum absolute atomic E-state index is 0.134. The molecular weight excluding hydrogens is 232 g/mol. The van der Waals surface area contributed by atoms with E-state index in [-0.39, 0.29) is 5.92 Å². The lowest BCUT2D eigenvalue weighted by Crippen LogP contribution is -2.18. The predicted octanol–water partition coefficient (Wildman–Crippen LogP) is 2.30. The molecule has 18 heavy (non-hydrogen) atoms. The average molecular weight is 250 g/mol. The van der Waals surface area contributed by atoms with Crippen molar-refractivity contribution < 1.29 is 19.0 Å². The lowest BCUT2D eigenvalue weighted by molar-refractivity contribution is -0.108. The maximum atomic E-state index is 10.6. The van der Waals surface area contributed by atoms with Gasteiger partial charge in [0.05, 0.1) is 6.61 Å².